The van der Waals surface area contributed by atoms with Crippen molar-refractivity contribution in [2.24, 2.45) is 0 Å². The average molecular weight is 251 g/mol. The van der Waals surface area contributed by atoms with E-state index in [0.29, 0.717) is 13.2 Å². The van der Waals surface area contributed by atoms with Gasteiger partial charge in [0.1, 0.15) is 5.75 Å². The van der Waals surface area contributed by atoms with Crippen molar-refractivity contribution in [3.8, 4) is 5.75 Å². The molecule has 0 spiro atoms. The molecule has 0 unspecified atom stereocenters. The van der Waals surface area contributed by atoms with Gasteiger partial charge in [-0.2, -0.15) is 0 Å². The second-order valence-electron chi connectivity index (χ2n) is 5.42. The quantitative estimate of drug-likeness (QED) is 0.731. The first-order valence-corrected chi connectivity index (χ1v) is 6.59. The van der Waals surface area contributed by atoms with Crippen molar-refractivity contribution in [3.63, 3.8) is 0 Å². The number of para-hydroxylation sites is 1. The van der Waals surface area contributed by atoms with Gasteiger partial charge in [0.15, 0.2) is 0 Å². The highest BCUT2D eigenvalue weighted by molar-refractivity contribution is 5.38. The predicted octanol–water partition coefficient (Wildman–Crippen LogP) is 2.33. The fraction of sp³-hybridized carbons (Fsp3) is 0.600. The van der Waals surface area contributed by atoms with Crippen molar-refractivity contribution in [2.45, 2.75) is 32.6 Å². The van der Waals surface area contributed by atoms with E-state index in [2.05, 4.69) is 38.2 Å². The Balaban J connectivity index is 2.43. The van der Waals surface area contributed by atoms with Crippen LogP contribution in [0.5, 0.6) is 5.75 Å². The molecule has 0 saturated heterocycles. The van der Waals surface area contributed by atoms with E-state index < -0.39 is 0 Å². The molecule has 3 heteroatoms. The van der Waals surface area contributed by atoms with Gasteiger partial charge in [0.2, 0.25) is 0 Å². The van der Waals surface area contributed by atoms with Crippen LogP contribution >= 0.6 is 0 Å². The number of nitrogens with one attached hydrogen (secondary N) is 1. The third-order valence-electron chi connectivity index (χ3n) is 2.74. The minimum absolute atomic E-state index is 0.103. The predicted molar refractivity (Wildman–Crippen MR) is 75.2 cm³/mol. The molecule has 1 rings (SSSR count). The Labute approximate surface area is 110 Å². The highest BCUT2D eigenvalue weighted by Crippen LogP contribution is 2.30. The first kappa shape index (κ1) is 15.0. The second kappa shape index (κ2) is 7.39. The zero-order valence-electron chi connectivity index (χ0n) is 11.7. The molecular formula is C15H25NO2. The topological polar surface area (TPSA) is 41.5 Å². The fourth-order valence-electron chi connectivity index (χ4n) is 1.80. The lowest BCUT2D eigenvalue weighted by molar-refractivity contribution is 0.279. The van der Waals surface area contributed by atoms with Gasteiger partial charge in [-0.15, -0.1) is 0 Å². The van der Waals surface area contributed by atoms with Crippen LogP contribution in [-0.2, 0) is 5.41 Å². The summed E-state index contributed by atoms with van der Waals surface area (Å²) in [7, 11) is 0. The molecule has 0 aromatic heterocycles. The summed E-state index contributed by atoms with van der Waals surface area (Å²) in [5, 5.41) is 11.8. The summed E-state index contributed by atoms with van der Waals surface area (Å²) in [6, 6.07) is 8.21. The SMILES string of the molecule is CC(C)(C)c1ccccc1OCCCNCCO. The van der Waals surface area contributed by atoms with Crippen LogP contribution in [0.2, 0.25) is 0 Å². The summed E-state index contributed by atoms with van der Waals surface area (Å²) < 4.78 is 5.84. The Hall–Kier alpha value is -1.06. The molecule has 0 aliphatic rings. The van der Waals surface area contributed by atoms with E-state index in [-0.39, 0.29) is 12.0 Å². The lowest BCUT2D eigenvalue weighted by atomic mass is 9.86. The zero-order chi connectivity index (χ0) is 13.4. The van der Waals surface area contributed by atoms with E-state index in [1.165, 1.54) is 5.56 Å². The van der Waals surface area contributed by atoms with Crippen LogP contribution < -0.4 is 10.1 Å². The molecular weight excluding hydrogens is 226 g/mol. The van der Waals surface area contributed by atoms with Crippen molar-refractivity contribution in [1.29, 1.82) is 0 Å². The third kappa shape index (κ3) is 5.07. The molecule has 2 N–H and O–H groups in total. The molecule has 0 fully saturated rings. The average Bonchev–Trinajstić information content (AvgIpc) is 2.33. The van der Waals surface area contributed by atoms with Gasteiger partial charge in [-0.25, -0.2) is 0 Å². The first-order valence-electron chi connectivity index (χ1n) is 6.59. The number of aliphatic hydroxyl groups excluding tert-OH is 1. The first-order chi connectivity index (χ1) is 8.55. The van der Waals surface area contributed by atoms with E-state index in [1.807, 2.05) is 12.1 Å². The Morgan fingerprint density at radius 3 is 2.56 bits per heavy atom. The van der Waals surface area contributed by atoms with E-state index in [9.17, 15) is 0 Å². The standard InChI is InChI=1S/C15H25NO2/c1-15(2,3)13-7-4-5-8-14(13)18-12-6-9-16-10-11-17/h4-5,7-8,16-17H,6,9-12H2,1-3H3. The van der Waals surface area contributed by atoms with Gasteiger partial charge >= 0.3 is 0 Å². The molecule has 3 nitrogen and oxygen atoms in total. The molecule has 0 bridgehead atoms. The zero-order valence-corrected chi connectivity index (χ0v) is 11.7. The monoisotopic (exact) mass is 251 g/mol. The van der Waals surface area contributed by atoms with Crippen molar-refractivity contribution in [2.75, 3.05) is 26.3 Å². The summed E-state index contributed by atoms with van der Waals surface area (Å²) in [6.07, 6.45) is 0.943. The summed E-state index contributed by atoms with van der Waals surface area (Å²) >= 11 is 0. The van der Waals surface area contributed by atoms with Crippen molar-refractivity contribution in [1.82, 2.24) is 5.32 Å². The van der Waals surface area contributed by atoms with Crippen molar-refractivity contribution >= 4 is 0 Å². The molecule has 0 saturated carbocycles. The summed E-state index contributed by atoms with van der Waals surface area (Å²) in [4.78, 5) is 0. The van der Waals surface area contributed by atoms with Crippen LogP contribution in [0, 0.1) is 0 Å². The molecule has 0 atom stereocenters. The molecule has 0 aliphatic carbocycles. The van der Waals surface area contributed by atoms with Gasteiger partial charge in [0.25, 0.3) is 0 Å². The summed E-state index contributed by atoms with van der Waals surface area (Å²) in [6.45, 7) is 8.99. The lowest BCUT2D eigenvalue weighted by Crippen LogP contribution is -2.21. The largest absolute Gasteiger partial charge is 0.493 e. The maximum Gasteiger partial charge on any atom is 0.123 e. The second-order valence-corrected chi connectivity index (χ2v) is 5.42. The molecule has 102 valence electrons. The van der Waals surface area contributed by atoms with Crippen LogP contribution in [0.1, 0.15) is 32.8 Å². The Morgan fingerprint density at radius 2 is 1.89 bits per heavy atom. The van der Waals surface area contributed by atoms with E-state index in [1.54, 1.807) is 0 Å². The molecule has 0 heterocycles. The fourth-order valence-corrected chi connectivity index (χ4v) is 1.80. The normalized spacial score (nSPS) is 11.6. The Bertz CT molecular complexity index is 345. The Morgan fingerprint density at radius 1 is 1.17 bits per heavy atom. The van der Waals surface area contributed by atoms with Gasteiger partial charge in [-0.3, -0.25) is 0 Å². The number of ether oxygens (including phenoxy) is 1. The van der Waals surface area contributed by atoms with Gasteiger partial charge in [-0.05, 0) is 30.0 Å². The molecule has 1 aromatic rings. The number of benzene rings is 1. The number of rotatable bonds is 7. The molecule has 0 aliphatic heterocycles. The highest BCUT2D eigenvalue weighted by Gasteiger charge is 2.17. The Kier molecular flexibility index (Phi) is 6.16. The molecule has 18 heavy (non-hydrogen) atoms. The van der Waals surface area contributed by atoms with Crippen molar-refractivity contribution < 1.29 is 9.84 Å². The van der Waals surface area contributed by atoms with Crippen molar-refractivity contribution in [3.05, 3.63) is 29.8 Å². The summed E-state index contributed by atoms with van der Waals surface area (Å²) in [5.41, 5.74) is 1.35. The number of hydrogen-bond donors (Lipinski definition) is 2. The smallest absolute Gasteiger partial charge is 0.123 e. The van der Waals surface area contributed by atoms with E-state index in [4.69, 9.17) is 9.84 Å². The molecule has 0 amide bonds. The van der Waals surface area contributed by atoms with Gasteiger partial charge in [-0.1, -0.05) is 39.0 Å². The maximum atomic E-state index is 8.63. The molecule has 1 aromatic carbocycles. The van der Waals surface area contributed by atoms with Crippen LogP contribution in [0.4, 0.5) is 0 Å². The van der Waals surface area contributed by atoms with E-state index >= 15 is 0 Å². The van der Waals surface area contributed by atoms with Crippen LogP contribution in [-0.4, -0.2) is 31.4 Å². The molecule has 0 radical (unpaired) electrons. The summed E-state index contributed by atoms with van der Waals surface area (Å²) in [5.74, 6) is 0.979. The number of hydrogen-bond acceptors (Lipinski definition) is 3. The van der Waals surface area contributed by atoms with Gasteiger partial charge < -0.3 is 15.2 Å². The van der Waals surface area contributed by atoms with Crippen LogP contribution in [0.25, 0.3) is 0 Å². The third-order valence-corrected chi connectivity index (χ3v) is 2.74. The highest BCUT2D eigenvalue weighted by atomic mass is 16.5. The van der Waals surface area contributed by atoms with Crippen LogP contribution in [0.15, 0.2) is 24.3 Å². The minimum Gasteiger partial charge on any atom is -0.493 e. The van der Waals surface area contributed by atoms with Gasteiger partial charge in [0, 0.05) is 6.54 Å². The minimum atomic E-state index is 0.103. The van der Waals surface area contributed by atoms with Gasteiger partial charge in [0.05, 0.1) is 13.2 Å². The van der Waals surface area contributed by atoms with E-state index in [0.717, 1.165) is 18.7 Å². The number of aliphatic hydroxyl groups is 1. The van der Waals surface area contributed by atoms with Crippen LogP contribution in [0.3, 0.4) is 0 Å². The maximum absolute atomic E-state index is 8.63. The lowest BCUT2D eigenvalue weighted by Gasteiger charge is -2.22.